The van der Waals surface area contributed by atoms with Gasteiger partial charge in [-0.1, -0.05) is 103 Å². The summed E-state index contributed by atoms with van der Waals surface area (Å²) in [5.41, 5.74) is 4.43. The zero-order valence-corrected chi connectivity index (χ0v) is 30.4. The van der Waals surface area contributed by atoms with Gasteiger partial charge in [-0.2, -0.15) is 0 Å². The van der Waals surface area contributed by atoms with Gasteiger partial charge in [0, 0.05) is 25.5 Å². The molecule has 0 aliphatic rings. The number of unbranched alkanes of at least 4 members (excludes halogenated alkanes) is 1. The smallest absolute Gasteiger partial charge is 0.442 e. The van der Waals surface area contributed by atoms with Crippen LogP contribution in [0.25, 0.3) is 22.5 Å². The number of hydrogen-bond donors (Lipinski definition) is 2. The van der Waals surface area contributed by atoms with Crippen molar-refractivity contribution in [1.29, 1.82) is 0 Å². The summed E-state index contributed by atoms with van der Waals surface area (Å²) in [5.74, 6) is 0.00951. The van der Waals surface area contributed by atoms with Crippen molar-refractivity contribution in [2.45, 2.75) is 66.1 Å². The Bertz CT molecular complexity index is 2030. The lowest BCUT2D eigenvalue weighted by molar-refractivity contribution is -0.497. The van der Waals surface area contributed by atoms with E-state index in [-0.39, 0.29) is 48.4 Å². The highest BCUT2D eigenvalue weighted by Gasteiger charge is 2.26. The van der Waals surface area contributed by atoms with Gasteiger partial charge in [-0.15, -0.1) is 10.2 Å². The van der Waals surface area contributed by atoms with Gasteiger partial charge in [0.2, 0.25) is 12.1 Å². The van der Waals surface area contributed by atoms with Crippen molar-refractivity contribution < 1.29 is 48.6 Å². The normalized spacial score (nSPS) is 11.7. The molecule has 0 saturated carbocycles. The van der Waals surface area contributed by atoms with Crippen molar-refractivity contribution in [3.63, 3.8) is 0 Å². The van der Waals surface area contributed by atoms with Crippen LogP contribution in [-0.4, -0.2) is 76.7 Å². The molecule has 0 amide bonds. The largest absolute Gasteiger partial charge is 0.511 e. The van der Waals surface area contributed by atoms with Crippen molar-refractivity contribution in [1.82, 2.24) is 35.1 Å². The number of aromatic nitrogens is 6. The SMILES string of the molecule is CCCCc1nc(Cl)c(C(=O)OC(C)OC(=O)OCC)n1Cc1ccc(-c2ccccc2-c2nnn(C(=O)OCc3ccc(CON(O)O)cc3)n2)cc1. The van der Waals surface area contributed by atoms with Crippen molar-refractivity contribution in [2.24, 2.45) is 0 Å². The second-order valence-corrected chi connectivity index (χ2v) is 12.0. The number of imidazole rings is 1. The molecule has 2 aromatic heterocycles. The molecule has 0 aliphatic carbocycles. The Morgan fingerprint density at radius 3 is 2.20 bits per heavy atom. The van der Waals surface area contributed by atoms with Crippen LogP contribution in [0.3, 0.4) is 0 Å². The van der Waals surface area contributed by atoms with Crippen LogP contribution < -0.4 is 0 Å². The number of esters is 1. The highest BCUT2D eigenvalue weighted by Crippen LogP contribution is 2.31. The Labute approximate surface area is 314 Å². The molecular formula is C36H38ClN7O10. The first kappa shape index (κ1) is 39.5. The molecule has 18 heteroatoms. The van der Waals surface area contributed by atoms with E-state index in [4.69, 9.17) is 41.0 Å². The monoisotopic (exact) mass is 763 g/mol. The van der Waals surface area contributed by atoms with E-state index in [9.17, 15) is 14.4 Å². The molecule has 0 bridgehead atoms. The van der Waals surface area contributed by atoms with E-state index in [0.29, 0.717) is 28.9 Å². The molecule has 0 aliphatic heterocycles. The Kier molecular flexibility index (Phi) is 13.8. The predicted octanol–water partition coefficient (Wildman–Crippen LogP) is 6.62. The van der Waals surface area contributed by atoms with E-state index in [1.165, 1.54) is 6.92 Å². The Morgan fingerprint density at radius 2 is 1.54 bits per heavy atom. The fourth-order valence-electron chi connectivity index (χ4n) is 5.24. The van der Waals surface area contributed by atoms with E-state index in [2.05, 4.69) is 25.2 Å². The maximum atomic E-state index is 13.3. The number of carbonyl (C=O) groups excluding carboxylic acids is 3. The fourth-order valence-corrected chi connectivity index (χ4v) is 5.52. The Balaban J connectivity index is 1.29. The minimum atomic E-state index is -1.23. The predicted molar refractivity (Wildman–Crippen MR) is 189 cm³/mol. The summed E-state index contributed by atoms with van der Waals surface area (Å²) < 4.78 is 22.1. The lowest BCUT2D eigenvalue weighted by Gasteiger charge is -2.16. The van der Waals surface area contributed by atoms with Gasteiger partial charge in [0.05, 0.1) is 18.6 Å². The van der Waals surface area contributed by atoms with Crippen LogP contribution in [0.2, 0.25) is 5.15 Å². The van der Waals surface area contributed by atoms with Gasteiger partial charge < -0.3 is 23.5 Å². The summed E-state index contributed by atoms with van der Waals surface area (Å²) in [7, 11) is 0. The van der Waals surface area contributed by atoms with E-state index in [1.54, 1.807) is 35.8 Å². The van der Waals surface area contributed by atoms with Crippen molar-refractivity contribution >= 4 is 29.8 Å². The lowest BCUT2D eigenvalue weighted by Crippen LogP contribution is -2.24. The van der Waals surface area contributed by atoms with Gasteiger partial charge >= 0.3 is 18.2 Å². The summed E-state index contributed by atoms with van der Waals surface area (Å²) in [6.07, 6.45) is -0.728. The van der Waals surface area contributed by atoms with Gasteiger partial charge in [0.25, 0.3) is 0 Å². The summed E-state index contributed by atoms with van der Waals surface area (Å²) in [6.45, 7) is 5.29. The van der Waals surface area contributed by atoms with Gasteiger partial charge in [-0.05, 0) is 46.4 Å². The van der Waals surface area contributed by atoms with E-state index < -0.39 is 24.5 Å². The van der Waals surface area contributed by atoms with Gasteiger partial charge in [-0.25, -0.2) is 24.2 Å². The van der Waals surface area contributed by atoms with Crippen molar-refractivity contribution in [3.8, 4) is 22.5 Å². The molecule has 2 N–H and O–H groups in total. The molecule has 54 heavy (non-hydrogen) atoms. The first-order valence-corrected chi connectivity index (χ1v) is 17.3. The van der Waals surface area contributed by atoms with E-state index in [1.807, 2.05) is 55.5 Å². The van der Waals surface area contributed by atoms with Crippen LogP contribution in [0.4, 0.5) is 9.59 Å². The molecule has 0 radical (unpaired) electrons. The average Bonchev–Trinajstić information content (AvgIpc) is 3.77. The fraction of sp³-hybridized carbons (Fsp3) is 0.306. The third kappa shape index (κ3) is 10.5. The number of aryl methyl sites for hydroxylation is 1. The lowest BCUT2D eigenvalue weighted by atomic mass is 9.98. The molecular weight excluding hydrogens is 726 g/mol. The van der Waals surface area contributed by atoms with Gasteiger partial charge in [-0.3, -0.25) is 10.4 Å². The first-order valence-electron chi connectivity index (χ1n) is 16.9. The number of nitrogens with zero attached hydrogens (tertiary/aromatic N) is 7. The molecule has 1 atom stereocenters. The Hall–Kier alpha value is -5.72. The number of carbonyl (C=O) groups is 3. The number of rotatable bonds is 16. The zero-order valence-electron chi connectivity index (χ0n) is 29.6. The molecule has 1 unspecified atom stereocenters. The number of ether oxygens (including phenoxy) is 4. The van der Waals surface area contributed by atoms with Crippen LogP contribution >= 0.6 is 11.6 Å². The maximum absolute atomic E-state index is 13.3. The van der Waals surface area contributed by atoms with Crippen molar-refractivity contribution in [3.05, 3.63) is 106 Å². The molecule has 0 spiro atoms. The minimum Gasteiger partial charge on any atom is -0.442 e. The quantitative estimate of drug-likeness (QED) is 0.0469. The molecule has 3 aromatic carbocycles. The van der Waals surface area contributed by atoms with Gasteiger partial charge in [0.1, 0.15) is 12.4 Å². The van der Waals surface area contributed by atoms with E-state index in [0.717, 1.165) is 34.3 Å². The summed E-state index contributed by atoms with van der Waals surface area (Å²) in [5, 5.41) is 29.2. The molecule has 5 aromatic rings. The summed E-state index contributed by atoms with van der Waals surface area (Å²) in [4.78, 5) is 47.5. The second-order valence-electron chi connectivity index (χ2n) is 11.7. The third-order valence-corrected chi connectivity index (χ3v) is 8.09. The maximum Gasteiger partial charge on any atom is 0.511 e. The standard InChI is InChI=1S/C36H38ClN7O10/c1-4-6-11-30-38-32(37)31(34(45)53-23(3)54-36(47)50-5-2)42(30)20-24-16-18-27(19-17-24)28-9-7-8-10-29(28)33-39-41-43(40-33)35(46)51-21-25-12-14-26(15-13-25)22-52-44(48)49/h7-10,12-19,23,48-49H,4-6,11,20-22H2,1-3H3. The molecule has 17 nitrogen and oxygen atoms in total. The molecule has 0 saturated heterocycles. The first-order chi connectivity index (χ1) is 26.1. The summed E-state index contributed by atoms with van der Waals surface area (Å²) in [6, 6.07) is 21.8. The molecule has 284 valence electrons. The Morgan fingerprint density at radius 1 is 0.870 bits per heavy atom. The summed E-state index contributed by atoms with van der Waals surface area (Å²) >= 11 is 6.47. The molecule has 5 rings (SSSR count). The molecule has 2 heterocycles. The molecule has 0 fully saturated rings. The number of halogens is 1. The highest BCUT2D eigenvalue weighted by molar-refractivity contribution is 6.32. The van der Waals surface area contributed by atoms with Crippen LogP contribution in [-0.2, 0) is 50.0 Å². The van der Waals surface area contributed by atoms with Crippen LogP contribution in [0.1, 0.15) is 66.6 Å². The van der Waals surface area contributed by atoms with Crippen LogP contribution in [0.5, 0.6) is 0 Å². The second kappa shape index (κ2) is 18.9. The number of hydrogen-bond acceptors (Lipinski definition) is 15. The highest BCUT2D eigenvalue weighted by atomic mass is 35.5. The van der Waals surface area contributed by atoms with Crippen molar-refractivity contribution in [2.75, 3.05) is 6.61 Å². The minimum absolute atomic E-state index is 0.0234. The topological polar surface area (TPSA) is 202 Å². The van der Waals surface area contributed by atoms with Gasteiger partial charge in [0.15, 0.2) is 10.8 Å². The number of benzene rings is 3. The third-order valence-electron chi connectivity index (χ3n) is 7.83. The zero-order chi connectivity index (χ0) is 38.6. The van der Waals surface area contributed by atoms with Crippen LogP contribution in [0, 0.1) is 0 Å². The average molecular weight is 764 g/mol. The van der Waals surface area contributed by atoms with Crippen LogP contribution in [0.15, 0.2) is 72.8 Å². The van der Waals surface area contributed by atoms with E-state index >= 15 is 0 Å². The number of tetrazole rings is 1.